The molecule has 1 aromatic carbocycles. The molecule has 0 N–H and O–H groups in total. The van der Waals surface area contributed by atoms with Crippen LogP contribution in [-0.4, -0.2) is 9.78 Å². The molecule has 1 aliphatic carbocycles. The molecular weight excluding hydrogens is 344 g/mol. The van der Waals surface area contributed by atoms with E-state index in [9.17, 15) is 0 Å². The van der Waals surface area contributed by atoms with Crippen LogP contribution >= 0.6 is 22.7 Å². The van der Waals surface area contributed by atoms with Gasteiger partial charge in [-0.2, -0.15) is 5.10 Å². The van der Waals surface area contributed by atoms with Crippen LogP contribution in [0.1, 0.15) is 0 Å². The molecule has 0 atom stereocenters. The fourth-order valence-corrected chi connectivity index (χ4v) is 4.65. The molecule has 25 heavy (non-hydrogen) atoms. The summed E-state index contributed by atoms with van der Waals surface area (Å²) in [6.45, 7) is 0. The Morgan fingerprint density at radius 2 is 1.36 bits per heavy atom. The van der Waals surface area contributed by atoms with Gasteiger partial charge in [0.05, 0.1) is 21.1 Å². The molecule has 0 saturated heterocycles. The Balaban J connectivity index is 1.89. The summed E-state index contributed by atoms with van der Waals surface area (Å²) in [5, 5.41) is 9.30. The first-order chi connectivity index (χ1) is 12.4. The van der Waals surface area contributed by atoms with Crippen LogP contribution in [0.2, 0.25) is 0 Å². The molecule has 120 valence electrons. The first kappa shape index (κ1) is 14.6. The Bertz CT molecular complexity index is 1070. The molecule has 3 aromatic rings. The van der Waals surface area contributed by atoms with Crippen LogP contribution in [0.5, 0.6) is 0 Å². The van der Waals surface area contributed by atoms with Crippen LogP contribution in [-0.2, 0) is 0 Å². The van der Waals surface area contributed by atoms with Crippen LogP contribution in [0.3, 0.4) is 0 Å². The highest BCUT2D eigenvalue weighted by atomic mass is 32.1. The van der Waals surface area contributed by atoms with E-state index in [2.05, 4.69) is 82.2 Å². The van der Waals surface area contributed by atoms with E-state index in [4.69, 9.17) is 5.10 Å². The summed E-state index contributed by atoms with van der Waals surface area (Å²) >= 11 is 3.48. The number of aromatic nitrogens is 2. The van der Waals surface area contributed by atoms with E-state index in [0.29, 0.717) is 0 Å². The summed E-state index contributed by atoms with van der Waals surface area (Å²) in [6, 6.07) is 25.3. The molecule has 2 aliphatic rings. The van der Waals surface area contributed by atoms with Crippen LogP contribution in [0, 0.1) is 0 Å². The van der Waals surface area contributed by atoms with Crippen molar-refractivity contribution in [1.82, 2.24) is 9.78 Å². The zero-order valence-corrected chi connectivity index (χ0v) is 14.9. The van der Waals surface area contributed by atoms with Gasteiger partial charge in [0.15, 0.2) is 0 Å². The number of thiophene rings is 2. The third-order valence-electron chi connectivity index (χ3n) is 4.25. The molecule has 0 amide bonds. The highest BCUT2D eigenvalue weighted by Crippen LogP contribution is 2.42. The second-order valence-electron chi connectivity index (χ2n) is 5.75. The van der Waals surface area contributed by atoms with Gasteiger partial charge >= 0.3 is 0 Å². The van der Waals surface area contributed by atoms with E-state index in [-0.39, 0.29) is 0 Å². The molecule has 4 heteroatoms. The van der Waals surface area contributed by atoms with Crippen molar-refractivity contribution in [1.29, 1.82) is 0 Å². The van der Waals surface area contributed by atoms with Gasteiger partial charge in [0.1, 0.15) is 5.69 Å². The second kappa shape index (κ2) is 5.99. The Kier molecular flexibility index (Phi) is 3.51. The lowest BCUT2D eigenvalue weighted by atomic mass is 10.0. The highest BCUT2D eigenvalue weighted by molar-refractivity contribution is 7.14. The largest absolute Gasteiger partial charge is 0.231 e. The molecular formula is C21H14N2S2. The Labute approximate surface area is 154 Å². The SMILES string of the molecule is c1ccc(-n2nc(-c3cccs3)c3cccc-3c2-c2cccs2)cc1. The fourth-order valence-electron chi connectivity index (χ4n) is 3.15. The highest BCUT2D eigenvalue weighted by Gasteiger charge is 2.22. The quantitative estimate of drug-likeness (QED) is 0.363. The number of fused-ring (bicyclic) bond motifs is 1. The summed E-state index contributed by atoms with van der Waals surface area (Å²) in [5.74, 6) is 0. The van der Waals surface area contributed by atoms with Gasteiger partial charge in [-0.25, -0.2) is 4.68 Å². The lowest BCUT2D eigenvalue weighted by Crippen LogP contribution is -2.08. The molecule has 0 bridgehead atoms. The van der Waals surface area contributed by atoms with Gasteiger partial charge in [0.2, 0.25) is 0 Å². The average Bonchev–Trinajstić information content (AvgIpc) is 3.43. The van der Waals surface area contributed by atoms with Gasteiger partial charge in [0, 0.05) is 11.1 Å². The molecule has 1 aliphatic heterocycles. The first-order valence-corrected chi connectivity index (χ1v) is 9.83. The van der Waals surface area contributed by atoms with E-state index in [0.717, 1.165) is 17.1 Å². The van der Waals surface area contributed by atoms with Gasteiger partial charge < -0.3 is 0 Å². The number of hydrogen-bond acceptors (Lipinski definition) is 3. The molecule has 5 rings (SSSR count). The van der Waals surface area contributed by atoms with Crippen LogP contribution in [0.25, 0.3) is 38.0 Å². The number of benzene rings is 1. The molecule has 0 spiro atoms. The normalized spacial score (nSPS) is 11.2. The predicted octanol–water partition coefficient (Wildman–Crippen LogP) is 6.43. The van der Waals surface area contributed by atoms with Gasteiger partial charge in [-0.1, -0.05) is 48.5 Å². The lowest BCUT2D eigenvalue weighted by Gasteiger charge is -2.18. The summed E-state index contributed by atoms with van der Waals surface area (Å²) < 4.78 is 2.09. The van der Waals surface area contributed by atoms with Crippen LogP contribution in [0.15, 0.2) is 83.6 Å². The molecule has 3 heterocycles. The fraction of sp³-hybridized carbons (Fsp3) is 0. The van der Waals surface area contributed by atoms with Gasteiger partial charge in [-0.15, -0.1) is 22.7 Å². The minimum Gasteiger partial charge on any atom is -0.231 e. The van der Waals surface area contributed by atoms with Crippen molar-refractivity contribution in [3.05, 3.63) is 83.6 Å². The maximum atomic E-state index is 5.08. The van der Waals surface area contributed by atoms with Crippen molar-refractivity contribution in [3.63, 3.8) is 0 Å². The summed E-state index contributed by atoms with van der Waals surface area (Å²) in [7, 11) is 0. The van der Waals surface area contributed by atoms with Crippen LogP contribution in [0.4, 0.5) is 0 Å². The number of hydrogen-bond donors (Lipinski definition) is 0. The number of para-hydroxylation sites is 1. The van der Waals surface area contributed by atoms with E-state index in [1.807, 2.05) is 6.07 Å². The van der Waals surface area contributed by atoms with Crippen molar-refractivity contribution in [3.8, 4) is 38.0 Å². The molecule has 0 radical (unpaired) electrons. The molecule has 2 nitrogen and oxygen atoms in total. The Morgan fingerprint density at radius 3 is 2.08 bits per heavy atom. The Hall–Kier alpha value is -2.69. The monoisotopic (exact) mass is 358 g/mol. The van der Waals surface area contributed by atoms with Gasteiger partial charge in [0.25, 0.3) is 0 Å². The van der Waals surface area contributed by atoms with E-state index in [1.54, 1.807) is 22.7 Å². The zero-order chi connectivity index (χ0) is 16.6. The lowest BCUT2D eigenvalue weighted by molar-refractivity contribution is 0.863. The number of nitrogens with zero attached hydrogens (tertiary/aromatic N) is 2. The van der Waals surface area contributed by atoms with E-state index < -0.39 is 0 Å². The molecule has 0 unspecified atom stereocenters. The molecule has 0 fully saturated rings. The molecule has 0 saturated carbocycles. The van der Waals surface area contributed by atoms with Crippen molar-refractivity contribution >= 4 is 22.7 Å². The standard InChI is InChI=1S/C21H14N2S2/c1-2-7-15(8-3-1)23-21(19-12-6-14-25-19)17-10-4-9-16(17)20(22-23)18-11-5-13-24-18/h1-14H. The van der Waals surface area contributed by atoms with Crippen molar-refractivity contribution in [2.75, 3.05) is 0 Å². The summed E-state index contributed by atoms with van der Waals surface area (Å²) in [5.41, 5.74) is 5.72. The Morgan fingerprint density at radius 1 is 0.640 bits per heavy atom. The maximum absolute atomic E-state index is 5.08. The zero-order valence-electron chi connectivity index (χ0n) is 13.3. The summed E-state index contributed by atoms with van der Waals surface area (Å²) in [6.07, 6.45) is 0. The molecule has 2 aromatic heterocycles. The van der Waals surface area contributed by atoms with Crippen molar-refractivity contribution < 1.29 is 0 Å². The topological polar surface area (TPSA) is 17.8 Å². The third kappa shape index (κ3) is 2.42. The minimum atomic E-state index is 1.04. The van der Waals surface area contributed by atoms with Crippen molar-refractivity contribution in [2.45, 2.75) is 0 Å². The minimum absolute atomic E-state index is 1.04. The average molecular weight is 358 g/mol. The van der Waals surface area contributed by atoms with Gasteiger partial charge in [-0.3, -0.25) is 0 Å². The second-order valence-corrected chi connectivity index (χ2v) is 7.65. The van der Waals surface area contributed by atoms with E-state index in [1.165, 1.54) is 20.9 Å². The predicted molar refractivity (Wildman–Crippen MR) is 107 cm³/mol. The van der Waals surface area contributed by atoms with Gasteiger partial charge in [-0.05, 0) is 35.0 Å². The van der Waals surface area contributed by atoms with E-state index >= 15 is 0 Å². The summed E-state index contributed by atoms with van der Waals surface area (Å²) in [4.78, 5) is 2.42. The van der Waals surface area contributed by atoms with Crippen molar-refractivity contribution in [2.24, 2.45) is 0 Å². The van der Waals surface area contributed by atoms with Crippen LogP contribution < -0.4 is 0 Å². The smallest absolute Gasteiger partial charge is 0.109 e. The first-order valence-electron chi connectivity index (χ1n) is 8.07. The third-order valence-corrected chi connectivity index (χ3v) is 6.00. The maximum Gasteiger partial charge on any atom is 0.109 e. The number of rotatable bonds is 3.